The fraction of sp³-hybridized carbons (Fsp3) is 0.429. The molecule has 1 aliphatic heterocycles. The van der Waals surface area contributed by atoms with Crippen molar-refractivity contribution in [2.45, 2.75) is 18.9 Å². The zero-order chi connectivity index (χ0) is 14.8. The first-order valence-electron chi connectivity index (χ1n) is 6.40. The molecular formula is C14H17ClN2O3. The van der Waals surface area contributed by atoms with E-state index in [0.717, 1.165) is 0 Å². The maximum atomic E-state index is 11.8. The molecule has 1 atom stereocenters. The highest BCUT2D eigenvalue weighted by Crippen LogP contribution is 2.19. The molecule has 0 radical (unpaired) electrons. The smallest absolute Gasteiger partial charge is 0.257 e. The Morgan fingerprint density at radius 2 is 2.05 bits per heavy atom. The molecule has 0 aromatic heterocycles. The van der Waals surface area contributed by atoms with Gasteiger partial charge in [0.2, 0.25) is 5.91 Å². The van der Waals surface area contributed by atoms with Crippen LogP contribution in [0, 0.1) is 0 Å². The summed E-state index contributed by atoms with van der Waals surface area (Å²) >= 11 is 5.73. The molecule has 0 spiro atoms. The van der Waals surface area contributed by atoms with Gasteiger partial charge in [0, 0.05) is 23.7 Å². The van der Waals surface area contributed by atoms with Crippen molar-refractivity contribution in [2.24, 2.45) is 0 Å². The minimum atomic E-state index is -0.750. The summed E-state index contributed by atoms with van der Waals surface area (Å²) in [6.07, 6.45) is 0.630. The lowest BCUT2D eigenvalue weighted by atomic mass is 10.1. The summed E-state index contributed by atoms with van der Waals surface area (Å²) in [6.45, 7) is 2.93. The minimum Gasteiger partial charge on any atom is -0.389 e. The van der Waals surface area contributed by atoms with Gasteiger partial charge in [-0.2, -0.15) is 0 Å². The Kier molecular flexibility index (Phi) is 4.42. The number of amides is 2. The Morgan fingerprint density at radius 3 is 2.60 bits per heavy atom. The Labute approximate surface area is 122 Å². The summed E-state index contributed by atoms with van der Waals surface area (Å²) in [4.78, 5) is 25.4. The highest BCUT2D eigenvalue weighted by atomic mass is 35.5. The number of carbonyl (C=O) groups is 2. The fourth-order valence-corrected chi connectivity index (χ4v) is 2.34. The molecule has 1 unspecified atom stereocenters. The summed E-state index contributed by atoms with van der Waals surface area (Å²) in [6, 6.07) is 6.31. The molecule has 5 nitrogen and oxygen atoms in total. The van der Waals surface area contributed by atoms with Crippen LogP contribution >= 0.6 is 11.6 Å². The number of halogens is 1. The van der Waals surface area contributed by atoms with Gasteiger partial charge in [-0.3, -0.25) is 19.8 Å². The van der Waals surface area contributed by atoms with Crippen LogP contribution in [0.15, 0.2) is 24.3 Å². The minimum absolute atomic E-state index is 0.107. The van der Waals surface area contributed by atoms with Crippen molar-refractivity contribution in [1.82, 2.24) is 10.2 Å². The normalized spacial score (nSPS) is 22.8. The van der Waals surface area contributed by atoms with Gasteiger partial charge < -0.3 is 5.11 Å². The van der Waals surface area contributed by atoms with Crippen molar-refractivity contribution in [2.75, 3.05) is 19.6 Å². The molecular weight excluding hydrogens is 280 g/mol. The van der Waals surface area contributed by atoms with Gasteiger partial charge in [-0.05, 0) is 37.6 Å². The van der Waals surface area contributed by atoms with Crippen LogP contribution in [-0.4, -0.2) is 47.1 Å². The lowest BCUT2D eigenvalue weighted by Gasteiger charge is -2.18. The van der Waals surface area contributed by atoms with Crippen LogP contribution in [0.3, 0.4) is 0 Å². The number of hydrogen-bond donors (Lipinski definition) is 2. The van der Waals surface area contributed by atoms with Crippen molar-refractivity contribution >= 4 is 23.4 Å². The monoisotopic (exact) mass is 296 g/mol. The molecule has 2 N–H and O–H groups in total. The molecule has 0 bridgehead atoms. The summed E-state index contributed by atoms with van der Waals surface area (Å²) in [5.74, 6) is -0.819. The third-order valence-corrected chi connectivity index (χ3v) is 3.51. The first-order valence-corrected chi connectivity index (χ1v) is 6.78. The molecule has 0 aliphatic carbocycles. The number of imide groups is 1. The molecule has 108 valence electrons. The molecule has 0 saturated carbocycles. The number of carbonyl (C=O) groups excluding carboxylic acids is 2. The molecule has 1 saturated heterocycles. The van der Waals surface area contributed by atoms with Crippen molar-refractivity contribution < 1.29 is 14.7 Å². The largest absolute Gasteiger partial charge is 0.389 e. The molecule has 20 heavy (non-hydrogen) atoms. The first kappa shape index (κ1) is 15.0. The third kappa shape index (κ3) is 4.03. The molecule has 1 aromatic rings. The number of likely N-dealkylation sites (tertiary alicyclic amines) is 1. The van der Waals surface area contributed by atoms with E-state index in [1.54, 1.807) is 31.2 Å². The Hall–Kier alpha value is -1.43. The van der Waals surface area contributed by atoms with Crippen LogP contribution in [0.4, 0.5) is 0 Å². The number of β-amino-alcohol motifs (C(OH)–C–C–N with tert-alkyl or cyclic N) is 1. The third-order valence-electron chi connectivity index (χ3n) is 3.26. The van der Waals surface area contributed by atoms with Gasteiger partial charge in [-0.1, -0.05) is 11.6 Å². The fourth-order valence-electron chi connectivity index (χ4n) is 2.22. The topological polar surface area (TPSA) is 69.6 Å². The number of nitrogens with one attached hydrogen (secondary N) is 1. The van der Waals surface area contributed by atoms with Crippen LogP contribution in [0.5, 0.6) is 0 Å². The van der Waals surface area contributed by atoms with E-state index in [1.165, 1.54) is 0 Å². The predicted molar refractivity (Wildman–Crippen MR) is 75.6 cm³/mol. The molecule has 1 aliphatic rings. The standard InChI is InChI=1S/C14H17ClN2O3/c1-14(20)6-7-17(9-14)8-12(18)16-13(19)10-2-4-11(15)5-3-10/h2-5,20H,6-9H2,1H3,(H,16,18,19). The number of aliphatic hydroxyl groups is 1. The average molecular weight is 297 g/mol. The van der Waals surface area contributed by atoms with Crippen LogP contribution in [-0.2, 0) is 4.79 Å². The molecule has 6 heteroatoms. The van der Waals surface area contributed by atoms with Crippen molar-refractivity contribution in [3.63, 3.8) is 0 Å². The molecule has 2 amide bonds. The molecule has 2 rings (SSSR count). The summed E-state index contributed by atoms with van der Waals surface area (Å²) in [5, 5.41) is 12.7. The van der Waals surface area contributed by atoms with Gasteiger partial charge in [0.25, 0.3) is 5.91 Å². The molecule has 1 aromatic carbocycles. The van der Waals surface area contributed by atoms with Crippen LogP contribution in [0.25, 0.3) is 0 Å². The van der Waals surface area contributed by atoms with Gasteiger partial charge in [0.05, 0.1) is 12.1 Å². The van der Waals surface area contributed by atoms with Gasteiger partial charge >= 0.3 is 0 Å². The number of benzene rings is 1. The molecule has 1 heterocycles. The van der Waals surface area contributed by atoms with E-state index >= 15 is 0 Å². The van der Waals surface area contributed by atoms with E-state index in [0.29, 0.717) is 30.1 Å². The SMILES string of the molecule is CC1(O)CCN(CC(=O)NC(=O)c2ccc(Cl)cc2)C1. The van der Waals surface area contributed by atoms with Crippen LogP contribution < -0.4 is 5.32 Å². The average Bonchev–Trinajstić information content (AvgIpc) is 2.69. The summed E-state index contributed by atoms with van der Waals surface area (Å²) in [7, 11) is 0. The van der Waals surface area contributed by atoms with E-state index in [-0.39, 0.29) is 12.5 Å². The van der Waals surface area contributed by atoms with E-state index in [9.17, 15) is 14.7 Å². The second-order valence-corrected chi connectivity index (χ2v) is 5.78. The quantitative estimate of drug-likeness (QED) is 0.875. The van der Waals surface area contributed by atoms with E-state index in [4.69, 9.17) is 11.6 Å². The van der Waals surface area contributed by atoms with Crippen LogP contribution in [0.2, 0.25) is 5.02 Å². The van der Waals surface area contributed by atoms with Crippen molar-refractivity contribution in [3.8, 4) is 0 Å². The lowest BCUT2D eigenvalue weighted by molar-refractivity contribution is -0.121. The number of rotatable bonds is 3. The van der Waals surface area contributed by atoms with Crippen molar-refractivity contribution in [1.29, 1.82) is 0 Å². The highest BCUT2D eigenvalue weighted by Gasteiger charge is 2.32. The highest BCUT2D eigenvalue weighted by molar-refractivity contribution is 6.30. The van der Waals surface area contributed by atoms with Gasteiger partial charge in [0.15, 0.2) is 0 Å². The zero-order valence-corrected chi connectivity index (χ0v) is 12.0. The van der Waals surface area contributed by atoms with Gasteiger partial charge in [-0.25, -0.2) is 0 Å². The predicted octanol–water partition coefficient (Wildman–Crippen LogP) is 1.05. The molecule has 1 fully saturated rings. The zero-order valence-electron chi connectivity index (χ0n) is 11.2. The summed E-state index contributed by atoms with van der Waals surface area (Å²) in [5.41, 5.74) is -0.364. The maximum Gasteiger partial charge on any atom is 0.257 e. The second-order valence-electron chi connectivity index (χ2n) is 5.34. The Balaban J connectivity index is 1.85. The van der Waals surface area contributed by atoms with Gasteiger partial charge in [-0.15, -0.1) is 0 Å². The van der Waals surface area contributed by atoms with E-state index in [2.05, 4.69) is 5.32 Å². The number of nitrogens with zero attached hydrogens (tertiary/aromatic N) is 1. The second kappa shape index (κ2) is 5.91. The van der Waals surface area contributed by atoms with E-state index < -0.39 is 11.5 Å². The Morgan fingerprint density at radius 1 is 1.40 bits per heavy atom. The van der Waals surface area contributed by atoms with Crippen LogP contribution in [0.1, 0.15) is 23.7 Å². The maximum absolute atomic E-state index is 11.8. The lowest BCUT2D eigenvalue weighted by Crippen LogP contribution is -2.40. The van der Waals surface area contributed by atoms with E-state index in [1.807, 2.05) is 4.90 Å². The summed E-state index contributed by atoms with van der Waals surface area (Å²) < 4.78 is 0. The van der Waals surface area contributed by atoms with Gasteiger partial charge in [0.1, 0.15) is 0 Å². The number of hydrogen-bond acceptors (Lipinski definition) is 4. The first-order chi connectivity index (χ1) is 9.35. The Bertz CT molecular complexity index is 514. The van der Waals surface area contributed by atoms with Crippen molar-refractivity contribution in [3.05, 3.63) is 34.9 Å².